The minimum atomic E-state index is -0.517. The van der Waals surface area contributed by atoms with Crippen molar-refractivity contribution in [2.24, 2.45) is 5.73 Å². The topological polar surface area (TPSA) is 29.3 Å². The Morgan fingerprint density at radius 1 is 1.29 bits per heavy atom. The van der Waals surface area contributed by atoms with Crippen LogP contribution in [0.4, 0.5) is 14.5 Å². The molecule has 2 N–H and O–H groups in total. The number of anilines is 1. The second-order valence-electron chi connectivity index (χ2n) is 4.31. The number of nitrogens with two attached hydrogens (primary N) is 1. The highest BCUT2D eigenvalue weighted by Crippen LogP contribution is 2.26. The average Bonchev–Trinajstić information content (AvgIpc) is 2.27. The van der Waals surface area contributed by atoms with E-state index in [9.17, 15) is 8.78 Å². The SMILES string of the molecule is CCC(C)N(C)c1c(F)cc(CCN)cc1F. The molecule has 0 radical (unpaired) electrons. The molecule has 0 spiro atoms. The lowest BCUT2D eigenvalue weighted by Gasteiger charge is -2.27. The summed E-state index contributed by atoms with van der Waals surface area (Å²) in [5.74, 6) is -1.03. The van der Waals surface area contributed by atoms with Crippen molar-refractivity contribution in [2.75, 3.05) is 18.5 Å². The van der Waals surface area contributed by atoms with Crippen molar-refractivity contribution in [1.29, 1.82) is 0 Å². The molecule has 96 valence electrons. The molecule has 1 aromatic rings. The highest BCUT2D eigenvalue weighted by atomic mass is 19.1. The molecule has 0 aliphatic rings. The van der Waals surface area contributed by atoms with Gasteiger partial charge in [-0.2, -0.15) is 0 Å². The van der Waals surface area contributed by atoms with Gasteiger partial charge in [-0.05, 0) is 44.0 Å². The van der Waals surface area contributed by atoms with E-state index >= 15 is 0 Å². The maximum Gasteiger partial charge on any atom is 0.149 e. The van der Waals surface area contributed by atoms with E-state index in [0.29, 0.717) is 18.5 Å². The van der Waals surface area contributed by atoms with Gasteiger partial charge in [0.15, 0.2) is 0 Å². The van der Waals surface area contributed by atoms with Crippen LogP contribution >= 0.6 is 0 Å². The molecule has 0 bridgehead atoms. The van der Waals surface area contributed by atoms with Gasteiger partial charge in [-0.25, -0.2) is 8.78 Å². The van der Waals surface area contributed by atoms with Crippen LogP contribution in [0.15, 0.2) is 12.1 Å². The molecular formula is C13H20F2N2. The first-order valence-electron chi connectivity index (χ1n) is 5.92. The van der Waals surface area contributed by atoms with E-state index in [4.69, 9.17) is 5.73 Å². The minimum Gasteiger partial charge on any atom is -0.367 e. The summed E-state index contributed by atoms with van der Waals surface area (Å²) < 4.78 is 27.7. The minimum absolute atomic E-state index is 0.0418. The van der Waals surface area contributed by atoms with E-state index in [2.05, 4.69) is 0 Å². The molecule has 0 aromatic heterocycles. The second kappa shape index (κ2) is 5.96. The van der Waals surface area contributed by atoms with Crippen LogP contribution in [0.5, 0.6) is 0 Å². The number of hydrogen-bond donors (Lipinski definition) is 1. The van der Waals surface area contributed by atoms with Crippen molar-refractivity contribution < 1.29 is 8.78 Å². The average molecular weight is 242 g/mol. The predicted molar refractivity (Wildman–Crippen MR) is 67.3 cm³/mol. The van der Waals surface area contributed by atoms with Gasteiger partial charge in [0, 0.05) is 13.1 Å². The van der Waals surface area contributed by atoms with Crippen LogP contribution in [-0.4, -0.2) is 19.6 Å². The third kappa shape index (κ3) is 3.16. The Morgan fingerprint density at radius 2 is 1.82 bits per heavy atom. The first kappa shape index (κ1) is 13.9. The van der Waals surface area contributed by atoms with Gasteiger partial charge < -0.3 is 10.6 Å². The van der Waals surface area contributed by atoms with Crippen LogP contribution < -0.4 is 10.6 Å². The number of benzene rings is 1. The molecule has 2 nitrogen and oxygen atoms in total. The smallest absolute Gasteiger partial charge is 0.149 e. The molecule has 17 heavy (non-hydrogen) atoms. The molecule has 0 saturated heterocycles. The van der Waals surface area contributed by atoms with Gasteiger partial charge >= 0.3 is 0 Å². The Labute approximate surface area is 101 Å². The molecule has 1 atom stereocenters. The molecule has 1 unspecified atom stereocenters. The zero-order valence-electron chi connectivity index (χ0n) is 10.6. The molecule has 4 heteroatoms. The third-order valence-corrected chi connectivity index (χ3v) is 3.11. The Balaban J connectivity index is 3.08. The summed E-state index contributed by atoms with van der Waals surface area (Å²) in [5, 5.41) is 0. The zero-order valence-corrected chi connectivity index (χ0v) is 10.6. The number of hydrogen-bond acceptors (Lipinski definition) is 2. The second-order valence-corrected chi connectivity index (χ2v) is 4.31. The van der Waals surface area contributed by atoms with Crippen molar-refractivity contribution in [1.82, 2.24) is 0 Å². The van der Waals surface area contributed by atoms with Gasteiger partial charge in [-0.15, -0.1) is 0 Å². The summed E-state index contributed by atoms with van der Waals surface area (Å²) in [6, 6.07) is 2.83. The van der Waals surface area contributed by atoms with Gasteiger partial charge in [-0.1, -0.05) is 6.92 Å². The van der Waals surface area contributed by atoms with Gasteiger partial charge in [0.25, 0.3) is 0 Å². The molecular weight excluding hydrogens is 222 g/mol. The van der Waals surface area contributed by atoms with E-state index < -0.39 is 11.6 Å². The lowest BCUT2D eigenvalue weighted by molar-refractivity contribution is 0.554. The van der Waals surface area contributed by atoms with Crippen LogP contribution in [0.3, 0.4) is 0 Å². The highest BCUT2D eigenvalue weighted by Gasteiger charge is 2.18. The first-order chi connectivity index (χ1) is 8.01. The van der Waals surface area contributed by atoms with Gasteiger partial charge in [-0.3, -0.25) is 0 Å². The summed E-state index contributed by atoms with van der Waals surface area (Å²) in [7, 11) is 1.71. The van der Waals surface area contributed by atoms with Crippen LogP contribution in [-0.2, 0) is 6.42 Å². The van der Waals surface area contributed by atoms with Gasteiger partial charge in [0.05, 0.1) is 0 Å². The van der Waals surface area contributed by atoms with Crippen molar-refractivity contribution in [3.8, 4) is 0 Å². The fraction of sp³-hybridized carbons (Fsp3) is 0.538. The maximum atomic E-state index is 13.9. The monoisotopic (exact) mass is 242 g/mol. The molecule has 0 aliphatic carbocycles. The first-order valence-corrected chi connectivity index (χ1v) is 5.92. The number of nitrogens with zero attached hydrogens (tertiary/aromatic N) is 1. The van der Waals surface area contributed by atoms with E-state index in [1.54, 1.807) is 11.9 Å². The molecule has 0 fully saturated rings. The fourth-order valence-electron chi connectivity index (χ4n) is 1.76. The molecule has 1 rings (SSSR count). The van der Waals surface area contributed by atoms with Gasteiger partial charge in [0.2, 0.25) is 0 Å². The van der Waals surface area contributed by atoms with E-state index in [-0.39, 0.29) is 11.7 Å². The highest BCUT2D eigenvalue weighted by molar-refractivity contribution is 5.50. The Hall–Kier alpha value is -1.16. The lowest BCUT2D eigenvalue weighted by atomic mass is 10.1. The summed E-state index contributed by atoms with van der Waals surface area (Å²) in [5.41, 5.74) is 6.02. The van der Waals surface area contributed by atoms with Crippen LogP contribution in [0.25, 0.3) is 0 Å². The summed E-state index contributed by atoms with van der Waals surface area (Å²) in [6.07, 6.45) is 1.32. The summed E-state index contributed by atoms with van der Waals surface area (Å²) in [4.78, 5) is 1.64. The summed E-state index contributed by atoms with van der Waals surface area (Å²) in [6.45, 7) is 4.31. The van der Waals surface area contributed by atoms with Crippen molar-refractivity contribution in [3.63, 3.8) is 0 Å². The lowest BCUT2D eigenvalue weighted by Crippen LogP contribution is -2.29. The van der Waals surface area contributed by atoms with E-state index in [1.165, 1.54) is 12.1 Å². The normalized spacial score (nSPS) is 12.6. The number of rotatable bonds is 5. The Bertz CT molecular complexity index is 357. The molecule has 1 aromatic carbocycles. The number of halogens is 2. The molecule has 0 aliphatic heterocycles. The third-order valence-electron chi connectivity index (χ3n) is 3.11. The van der Waals surface area contributed by atoms with Crippen LogP contribution in [0.1, 0.15) is 25.8 Å². The van der Waals surface area contributed by atoms with Crippen molar-refractivity contribution in [2.45, 2.75) is 32.7 Å². The molecule has 0 amide bonds. The molecule has 0 heterocycles. The zero-order chi connectivity index (χ0) is 13.0. The maximum absolute atomic E-state index is 13.9. The largest absolute Gasteiger partial charge is 0.367 e. The van der Waals surface area contributed by atoms with Crippen molar-refractivity contribution >= 4 is 5.69 Å². The standard InChI is InChI=1S/C13H20F2N2/c1-4-9(2)17(3)13-11(14)7-10(5-6-16)8-12(13)15/h7-9H,4-6,16H2,1-3H3. The summed E-state index contributed by atoms with van der Waals surface area (Å²) >= 11 is 0. The molecule has 0 saturated carbocycles. The van der Waals surface area contributed by atoms with Crippen LogP contribution in [0, 0.1) is 11.6 Å². The van der Waals surface area contributed by atoms with Crippen LogP contribution in [0.2, 0.25) is 0 Å². The fourth-order valence-corrected chi connectivity index (χ4v) is 1.76. The Kier molecular flexibility index (Phi) is 4.87. The van der Waals surface area contributed by atoms with E-state index in [1.807, 2.05) is 13.8 Å². The quantitative estimate of drug-likeness (QED) is 0.860. The Morgan fingerprint density at radius 3 is 2.24 bits per heavy atom. The van der Waals surface area contributed by atoms with Crippen molar-refractivity contribution in [3.05, 3.63) is 29.3 Å². The van der Waals surface area contributed by atoms with Gasteiger partial charge in [0.1, 0.15) is 17.3 Å². The predicted octanol–water partition coefficient (Wildman–Crippen LogP) is 2.70. The van der Waals surface area contributed by atoms with E-state index in [0.717, 1.165) is 6.42 Å².